The van der Waals surface area contributed by atoms with Crippen LogP contribution in [-0.2, 0) is 4.79 Å². The summed E-state index contributed by atoms with van der Waals surface area (Å²) < 4.78 is 0. The van der Waals surface area contributed by atoms with E-state index in [9.17, 15) is 9.90 Å². The number of nitrogens with zero attached hydrogens (tertiary/aromatic N) is 2. The van der Waals surface area contributed by atoms with Crippen molar-refractivity contribution < 1.29 is 9.90 Å². The second kappa shape index (κ2) is 4.51. The maximum Gasteiger partial charge on any atom is 0.325 e. The molecule has 0 bridgehead atoms. The van der Waals surface area contributed by atoms with Crippen molar-refractivity contribution in [1.29, 1.82) is 0 Å². The molecule has 17 heavy (non-hydrogen) atoms. The minimum absolute atomic E-state index is 0.673. The van der Waals surface area contributed by atoms with Crippen LogP contribution >= 0.6 is 0 Å². The third kappa shape index (κ3) is 2.12. The lowest BCUT2D eigenvalue weighted by Crippen LogP contribution is -2.27. The molecule has 0 saturated heterocycles. The number of pyridine rings is 1. The fourth-order valence-corrected chi connectivity index (χ4v) is 1.98. The molecule has 1 aromatic carbocycles. The third-order valence-corrected chi connectivity index (χ3v) is 2.71. The number of rotatable bonds is 3. The van der Waals surface area contributed by atoms with Gasteiger partial charge in [0.1, 0.15) is 6.04 Å². The molecule has 1 heterocycles. The summed E-state index contributed by atoms with van der Waals surface area (Å²) in [6, 6.07) is 8.71. The minimum atomic E-state index is -0.867. The zero-order valence-corrected chi connectivity index (χ0v) is 9.79. The summed E-state index contributed by atoms with van der Waals surface area (Å²) in [5.74, 6) is -0.867. The average Bonchev–Trinajstić information content (AvgIpc) is 2.28. The van der Waals surface area contributed by atoms with E-state index in [0.717, 1.165) is 16.5 Å². The van der Waals surface area contributed by atoms with Crippen LogP contribution in [0.3, 0.4) is 0 Å². The van der Waals surface area contributed by atoms with E-state index in [4.69, 9.17) is 0 Å². The number of carboxylic acids is 1. The Balaban J connectivity index is 2.65. The summed E-state index contributed by atoms with van der Waals surface area (Å²) >= 11 is 0. The number of carboxylic acid groups (broad SMARTS) is 1. The normalized spacial score (nSPS) is 12.9. The first-order valence-electron chi connectivity index (χ1n) is 5.34. The summed E-state index contributed by atoms with van der Waals surface area (Å²) in [7, 11) is 3.50. The number of aliphatic carboxylic acids is 1. The van der Waals surface area contributed by atoms with Crippen LogP contribution in [0.5, 0.6) is 0 Å². The van der Waals surface area contributed by atoms with Gasteiger partial charge in [0, 0.05) is 17.1 Å². The van der Waals surface area contributed by atoms with Gasteiger partial charge in [0.05, 0.1) is 5.52 Å². The van der Waals surface area contributed by atoms with Crippen molar-refractivity contribution >= 4 is 16.9 Å². The Bertz CT molecular complexity index is 547. The van der Waals surface area contributed by atoms with Crippen LogP contribution < -0.4 is 0 Å². The lowest BCUT2D eigenvalue weighted by Gasteiger charge is -2.21. The summed E-state index contributed by atoms with van der Waals surface area (Å²) in [4.78, 5) is 17.3. The molecule has 1 N–H and O–H groups in total. The number of likely N-dealkylation sites (N-methyl/N-ethyl adjacent to an activating group) is 1. The molecule has 0 radical (unpaired) electrons. The molecule has 88 valence electrons. The van der Waals surface area contributed by atoms with Gasteiger partial charge in [0.2, 0.25) is 0 Å². The van der Waals surface area contributed by atoms with Crippen LogP contribution in [0, 0.1) is 0 Å². The first-order chi connectivity index (χ1) is 8.11. The molecule has 4 nitrogen and oxygen atoms in total. The Morgan fingerprint density at radius 2 is 2.00 bits per heavy atom. The van der Waals surface area contributed by atoms with Gasteiger partial charge in [-0.3, -0.25) is 14.7 Å². The molecule has 2 rings (SSSR count). The predicted octanol–water partition coefficient (Wildman–Crippen LogP) is 1.92. The smallest absolute Gasteiger partial charge is 0.325 e. The Morgan fingerprint density at radius 1 is 1.29 bits per heavy atom. The number of carbonyl (C=O) groups is 1. The molecule has 4 heteroatoms. The molecule has 0 aliphatic carbocycles. The van der Waals surface area contributed by atoms with Crippen LogP contribution in [0.25, 0.3) is 10.9 Å². The molecule has 0 aliphatic rings. The minimum Gasteiger partial charge on any atom is -0.480 e. The quantitative estimate of drug-likeness (QED) is 0.875. The van der Waals surface area contributed by atoms with Crippen molar-refractivity contribution in [3.05, 3.63) is 42.1 Å². The van der Waals surface area contributed by atoms with E-state index in [1.54, 1.807) is 25.2 Å². The molecular weight excluding hydrogens is 216 g/mol. The lowest BCUT2D eigenvalue weighted by molar-refractivity contribution is -0.142. The number of para-hydroxylation sites is 1. The molecule has 0 fully saturated rings. The first-order valence-corrected chi connectivity index (χ1v) is 5.34. The second-order valence-electron chi connectivity index (χ2n) is 4.13. The molecule has 1 unspecified atom stereocenters. The molecule has 0 aliphatic heterocycles. The summed E-state index contributed by atoms with van der Waals surface area (Å²) in [6.45, 7) is 0. The Morgan fingerprint density at radius 3 is 2.65 bits per heavy atom. The van der Waals surface area contributed by atoms with Crippen LogP contribution in [0.1, 0.15) is 11.6 Å². The van der Waals surface area contributed by atoms with Gasteiger partial charge in [0.25, 0.3) is 0 Å². The first kappa shape index (κ1) is 11.5. The van der Waals surface area contributed by atoms with E-state index in [0.29, 0.717) is 0 Å². The highest BCUT2D eigenvalue weighted by Gasteiger charge is 2.24. The van der Waals surface area contributed by atoms with Crippen molar-refractivity contribution in [2.75, 3.05) is 14.1 Å². The highest BCUT2D eigenvalue weighted by molar-refractivity contribution is 5.87. The Hall–Kier alpha value is -1.94. The fourth-order valence-electron chi connectivity index (χ4n) is 1.98. The van der Waals surface area contributed by atoms with E-state index in [2.05, 4.69) is 4.98 Å². The molecule has 0 saturated carbocycles. The number of hydrogen-bond donors (Lipinski definition) is 1. The van der Waals surface area contributed by atoms with Gasteiger partial charge in [-0.1, -0.05) is 24.3 Å². The average molecular weight is 230 g/mol. The van der Waals surface area contributed by atoms with Crippen LogP contribution in [0.15, 0.2) is 36.5 Å². The highest BCUT2D eigenvalue weighted by Crippen LogP contribution is 2.25. The molecule has 0 amide bonds. The summed E-state index contributed by atoms with van der Waals surface area (Å²) in [5.41, 5.74) is 1.47. The van der Waals surface area contributed by atoms with Crippen LogP contribution in [-0.4, -0.2) is 35.1 Å². The molecule has 1 atom stereocenters. The lowest BCUT2D eigenvalue weighted by atomic mass is 10.0. The van der Waals surface area contributed by atoms with Crippen molar-refractivity contribution in [2.45, 2.75) is 6.04 Å². The molecular formula is C13H14N2O2. The largest absolute Gasteiger partial charge is 0.480 e. The van der Waals surface area contributed by atoms with E-state index < -0.39 is 12.0 Å². The SMILES string of the molecule is CN(C)C(C(=O)O)c1cccc2cccnc12. The van der Waals surface area contributed by atoms with E-state index >= 15 is 0 Å². The van der Waals surface area contributed by atoms with Crippen molar-refractivity contribution in [1.82, 2.24) is 9.88 Å². The van der Waals surface area contributed by atoms with Gasteiger partial charge >= 0.3 is 5.97 Å². The molecule has 0 spiro atoms. The van der Waals surface area contributed by atoms with Crippen molar-refractivity contribution in [3.8, 4) is 0 Å². The van der Waals surface area contributed by atoms with E-state index in [-0.39, 0.29) is 0 Å². The zero-order chi connectivity index (χ0) is 12.4. The van der Waals surface area contributed by atoms with Gasteiger partial charge in [-0.05, 0) is 20.2 Å². The molecule has 1 aromatic heterocycles. The van der Waals surface area contributed by atoms with E-state index in [1.807, 2.05) is 30.3 Å². The predicted molar refractivity (Wildman–Crippen MR) is 65.8 cm³/mol. The summed E-state index contributed by atoms with van der Waals surface area (Å²) in [5, 5.41) is 10.2. The number of aromatic nitrogens is 1. The monoisotopic (exact) mass is 230 g/mol. The standard InChI is InChI=1S/C13H14N2O2/c1-15(2)12(13(16)17)10-7-3-5-9-6-4-8-14-11(9)10/h3-8,12H,1-2H3,(H,16,17). The second-order valence-corrected chi connectivity index (χ2v) is 4.13. The van der Waals surface area contributed by atoms with Gasteiger partial charge in [-0.15, -0.1) is 0 Å². The van der Waals surface area contributed by atoms with Crippen LogP contribution in [0.4, 0.5) is 0 Å². The number of fused-ring (bicyclic) bond motifs is 1. The fraction of sp³-hybridized carbons (Fsp3) is 0.231. The number of benzene rings is 1. The maximum absolute atomic E-state index is 11.3. The highest BCUT2D eigenvalue weighted by atomic mass is 16.4. The maximum atomic E-state index is 11.3. The number of hydrogen-bond acceptors (Lipinski definition) is 3. The topological polar surface area (TPSA) is 53.4 Å². The van der Waals surface area contributed by atoms with Crippen molar-refractivity contribution in [3.63, 3.8) is 0 Å². The van der Waals surface area contributed by atoms with E-state index in [1.165, 1.54) is 0 Å². The molecule has 2 aromatic rings. The summed E-state index contributed by atoms with van der Waals surface area (Å²) in [6.07, 6.45) is 1.68. The Labute approximate surface area is 99.5 Å². The Kier molecular flexibility index (Phi) is 3.06. The van der Waals surface area contributed by atoms with Crippen LogP contribution in [0.2, 0.25) is 0 Å². The van der Waals surface area contributed by atoms with Crippen molar-refractivity contribution in [2.24, 2.45) is 0 Å². The van der Waals surface area contributed by atoms with Gasteiger partial charge in [0.15, 0.2) is 0 Å². The third-order valence-electron chi connectivity index (χ3n) is 2.71. The van der Waals surface area contributed by atoms with Gasteiger partial charge in [-0.2, -0.15) is 0 Å². The van der Waals surface area contributed by atoms with Gasteiger partial charge < -0.3 is 5.11 Å². The van der Waals surface area contributed by atoms with Gasteiger partial charge in [-0.25, -0.2) is 0 Å². The zero-order valence-electron chi connectivity index (χ0n) is 9.79.